The summed E-state index contributed by atoms with van der Waals surface area (Å²) < 4.78 is 5.91. The summed E-state index contributed by atoms with van der Waals surface area (Å²) in [5, 5.41) is 1.15. The lowest BCUT2D eigenvalue weighted by molar-refractivity contribution is 0.524. The molecule has 0 aliphatic carbocycles. The van der Waals surface area contributed by atoms with Crippen LogP contribution < -0.4 is 5.73 Å². The first-order chi connectivity index (χ1) is 8.66. The zero-order valence-corrected chi connectivity index (χ0v) is 11.3. The monoisotopic (exact) mass is 257 g/mol. The van der Waals surface area contributed by atoms with Crippen LogP contribution in [0.3, 0.4) is 0 Å². The maximum atomic E-state index is 6.31. The van der Waals surface area contributed by atoms with Gasteiger partial charge < -0.3 is 10.2 Å². The van der Waals surface area contributed by atoms with Crippen molar-refractivity contribution in [2.45, 2.75) is 19.9 Å². The molecule has 2 N–H and O–H groups in total. The Bertz CT molecular complexity index is 695. The molecule has 0 spiro atoms. The van der Waals surface area contributed by atoms with Crippen LogP contribution in [-0.4, -0.2) is 0 Å². The van der Waals surface area contributed by atoms with Crippen molar-refractivity contribution in [2.75, 3.05) is 0 Å². The lowest BCUT2D eigenvalue weighted by atomic mass is 10.1. The lowest BCUT2D eigenvalue weighted by Gasteiger charge is -2.07. The molecule has 0 bridgehead atoms. The number of benzene rings is 1. The number of rotatable bonds is 2. The fourth-order valence-electron chi connectivity index (χ4n) is 2.24. The Morgan fingerprint density at radius 1 is 1.11 bits per heavy atom. The second-order valence-electron chi connectivity index (χ2n) is 4.51. The SMILES string of the molecule is Cc1ccc(C(N)c2oc3ccccc3c2C)s1. The first-order valence-electron chi connectivity index (χ1n) is 5.97. The van der Waals surface area contributed by atoms with Crippen molar-refractivity contribution in [3.05, 3.63) is 57.5 Å². The molecule has 0 aliphatic heterocycles. The van der Waals surface area contributed by atoms with Crippen LogP contribution >= 0.6 is 11.3 Å². The molecule has 1 atom stereocenters. The van der Waals surface area contributed by atoms with Gasteiger partial charge in [-0.05, 0) is 32.0 Å². The summed E-state index contributed by atoms with van der Waals surface area (Å²) in [4.78, 5) is 2.42. The maximum absolute atomic E-state index is 6.31. The predicted octanol–water partition coefficient (Wildman–Crippen LogP) is 4.16. The number of para-hydroxylation sites is 1. The third kappa shape index (κ3) is 1.76. The van der Waals surface area contributed by atoms with E-state index in [1.165, 1.54) is 4.88 Å². The average Bonchev–Trinajstić information content (AvgIpc) is 2.94. The molecular formula is C15H15NOS. The molecule has 0 saturated carbocycles. The number of furan rings is 1. The van der Waals surface area contributed by atoms with Gasteiger partial charge in [0, 0.05) is 20.7 Å². The molecular weight excluding hydrogens is 242 g/mol. The molecule has 3 rings (SSSR count). The van der Waals surface area contributed by atoms with Gasteiger partial charge >= 0.3 is 0 Å². The first kappa shape index (κ1) is 11.5. The van der Waals surface area contributed by atoms with Crippen LogP contribution in [0.4, 0.5) is 0 Å². The molecule has 2 aromatic heterocycles. The van der Waals surface area contributed by atoms with E-state index in [0.29, 0.717) is 0 Å². The van der Waals surface area contributed by atoms with Gasteiger partial charge in [0.2, 0.25) is 0 Å². The van der Waals surface area contributed by atoms with Gasteiger partial charge in [-0.15, -0.1) is 11.3 Å². The highest BCUT2D eigenvalue weighted by Gasteiger charge is 2.19. The smallest absolute Gasteiger partial charge is 0.134 e. The lowest BCUT2D eigenvalue weighted by Crippen LogP contribution is -2.10. The highest BCUT2D eigenvalue weighted by atomic mass is 32.1. The molecule has 0 saturated heterocycles. The molecule has 2 heterocycles. The van der Waals surface area contributed by atoms with Gasteiger partial charge in [0.25, 0.3) is 0 Å². The fourth-order valence-corrected chi connectivity index (χ4v) is 3.12. The van der Waals surface area contributed by atoms with Gasteiger partial charge in [-0.2, -0.15) is 0 Å². The van der Waals surface area contributed by atoms with Crippen LogP contribution in [0.15, 0.2) is 40.8 Å². The standard InChI is InChI=1S/C15H15NOS/c1-9-7-8-13(18-9)14(16)15-10(2)11-5-3-4-6-12(11)17-15/h3-8,14H,16H2,1-2H3. The number of fused-ring (bicyclic) bond motifs is 1. The summed E-state index contributed by atoms with van der Waals surface area (Å²) in [5.74, 6) is 0.873. The van der Waals surface area contributed by atoms with Gasteiger partial charge in [-0.25, -0.2) is 0 Å². The molecule has 0 radical (unpaired) electrons. The van der Waals surface area contributed by atoms with Crippen molar-refractivity contribution in [3.8, 4) is 0 Å². The molecule has 3 heteroatoms. The predicted molar refractivity (Wildman–Crippen MR) is 76.0 cm³/mol. The molecule has 18 heavy (non-hydrogen) atoms. The van der Waals surface area contributed by atoms with Crippen molar-refractivity contribution in [1.82, 2.24) is 0 Å². The van der Waals surface area contributed by atoms with Gasteiger partial charge in [0.15, 0.2) is 0 Å². The van der Waals surface area contributed by atoms with E-state index in [-0.39, 0.29) is 6.04 Å². The number of thiophene rings is 1. The van der Waals surface area contributed by atoms with E-state index in [1.807, 2.05) is 18.2 Å². The van der Waals surface area contributed by atoms with Crippen molar-refractivity contribution in [1.29, 1.82) is 0 Å². The summed E-state index contributed by atoms with van der Waals surface area (Å²) in [7, 11) is 0. The van der Waals surface area contributed by atoms with Crippen molar-refractivity contribution in [2.24, 2.45) is 5.73 Å². The van der Waals surface area contributed by atoms with Gasteiger partial charge in [0.1, 0.15) is 11.3 Å². The Labute approximate surface area is 110 Å². The fraction of sp³-hybridized carbons (Fsp3) is 0.200. The van der Waals surface area contributed by atoms with Crippen LogP contribution in [0.5, 0.6) is 0 Å². The van der Waals surface area contributed by atoms with E-state index >= 15 is 0 Å². The van der Waals surface area contributed by atoms with Crippen LogP contribution in [0.2, 0.25) is 0 Å². The van der Waals surface area contributed by atoms with E-state index in [4.69, 9.17) is 10.2 Å². The summed E-state index contributed by atoms with van der Waals surface area (Å²) in [5.41, 5.74) is 8.36. The highest BCUT2D eigenvalue weighted by Crippen LogP contribution is 2.33. The van der Waals surface area contributed by atoms with E-state index < -0.39 is 0 Å². The Kier molecular flexibility index (Phi) is 2.73. The number of nitrogens with two attached hydrogens (primary N) is 1. The molecule has 0 amide bonds. The zero-order valence-electron chi connectivity index (χ0n) is 10.4. The minimum Gasteiger partial charge on any atom is -0.459 e. The first-order valence-corrected chi connectivity index (χ1v) is 6.78. The second-order valence-corrected chi connectivity index (χ2v) is 5.83. The maximum Gasteiger partial charge on any atom is 0.134 e. The third-order valence-corrected chi connectivity index (χ3v) is 4.31. The third-order valence-electron chi connectivity index (χ3n) is 3.23. The van der Waals surface area contributed by atoms with E-state index in [1.54, 1.807) is 11.3 Å². The molecule has 3 aromatic rings. The minimum absolute atomic E-state index is 0.170. The van der Waals surface area contributed by atoms with Gasteiger partial charge in [-0.3, -0.25) is 0 Å². The van der Waals surface area contributed by atoms with E-state index in [0.717, 1.165) is 27.2 Å². The Hall–Kier alpha value is -1.58. The van der Waals surface area contributed by atoms with Crippen LogP contribution in [0, 0.1) is 13.8 Å². The average molecular weight is 257 g/mol. The second kappa shape index (κ2) is 4.26. The molecule has 92 valence electrons. The van der Waals surface area contributed by atoms with Gasteiger partial charge in [-0.1, -0.05) is 18.2 Å². The quantitative estimate of drug-likeness (QED) is 0.748. The van der Waals surface area contributed by atoms with Crippen molar-refractivity contribution >= 4 is 22.3 Å². The Balaban J connectivity index is 2.11. The summed E-state index contributed by atoms with van der Waals surface area (Å²) in [6, 6.07) is 12.1. The Morgan fingerprint density at radius 3 is 2.56 bits per heavy atom. The van der Waals surface area contributed by atoms with E-state index in [9.17, 15) is 0 Å². The van der Waals surface area contributed by atoms with Crippen molar-refractivity contribution in [3.63, 3.8) is 0 Å². The molecule has 1 unspecified atom stereocenters. The molecule has 2 nitrogen and oxygen atoms in total. The zero-order chi connectivity index (χ0) is 12.7. The highest BCUT2D eigenvalue weighted by molar-refractivity contribution is 7.12. The molecule has 0 aliphatic rings. The largest absolute Gasteiger partial charge is 0.459 e. The van der Waals surface area contributed by atoms with Crippen LogP contribution in [0.25, 0.3) is 11.0 Å². The molecule has 1 aromatic carbocycles. The summed E-state index contributed by atoms with van der Waals surface area (Å²) in [6.45, 7) is 4.16. The number of hydrogen-bond donors (Lipinski definition) is 1. The van der Waals surface area contributed by atoms with E-state index in [2.05, 4.69) is 32.0 Å². The van der Waals surface area contributed by atoms with Gasteiger partial charge in [0.05, 0.1) is 6.04 Å². The minimum atomic E-state index is -0.170. The topological polar surface area (TPSA) is 39.2 Å². The van der Waals surface area contributed by atoms with Crippen LogP contribution in [0.1, 0.15) is 27.1 Å². The summed E-state index contributed by atoms with van der Waals surface area (Å²) in [6.07, 6.45) is 0. The van der Waals surface area contributed by atoms with Crippen molar-refractivity contribution < 1.29 is 4.42 Å². The number of aryl methyl sites for hydroxylation is 2. The Morgan fingerprint density at radius 2 is 1.89 bits per heavy atom. The van der Waals surface area contributed by atoms with Crippen LogP contribution in [-0.2, 0) is 0 Å². The number of hydrogen-bond acceptors (Lipinski definition) is 3. The molecule has 0 fully saturated rings. The summed E-state index contributed by atoms with van der Waals surface area (Å²) >= 11 is 1.72. The normalized spacial score (nSPS) is 13.1.